The molecule has 0 fully saturated rings. The third-order valence-corrected chi connectivity index (χ3v) is 2.97. The van der Waals surface area contributed by atoms with Crippen LogP contribution in [0.25, 0.3) is 10.9 Å². The summed E-state index contributed by atoms with van der Waals surface area (Å²) in [6.45, 7) is 0. The van der Waals surface area contributed by atoms with Crippen LogP contribution in [0, 0.1) is 11.8 Å². The highest BCUT2D eigenvalue weighted by molar-refractivity contribution is 5.83. The third-order valence-electron chi connectivity index (χ3n) is 2.97. The molecule has 3 rings (SSSR count). The summed E-state index contributed by atoms with van der Waals surface area (Å²) in [7, 11) is 1.65. The van der Waals surface area contributed by atoms with Gasteiger partial charge in [-0.3, -0.25) is 0 Å². The Bertz CT molecular complexity index is 793. The minimum absolute atomic E-state index is 0.827. The van der Waals surface area contributed by atoms with Crippen LogP contribution in [-0.2, 0) is 0 Å². The van der Waals surface area contributed by atoms with Gasteiger partial charge >= 0.3 is 0 Å². The molecule has 0 aliphatic rings. The molecule has 96 valence electrons. The average molecular weight is 260 g/mol. The van der Waals surface area contributed by atoms with Crippen LogP contribution in [0.4, 0.5) is 0 Å². The predicted octanol–water partition coefficient (Wildman–Crippen LogP) is 3.04. The van der Waals surface area contributed by atoms with E-state index in [-0.39, 0.29) is 0 Å². The van der Waals surface area contributed by atoms with Gasteiger partial charge in [-0.25, -0.2) is 9.97 Å². The number of hydrogen-bond donors (Lipinski definition) is 0. The second kappa shape index (κ2) is 5.41. The molecule has 0 amide bonds. The number of ether oxygens (including phenoxy) is 1. The molecule has 0 saturated carbocycles. The number of aromatic nitrogens is 2. The van der Waals surface area contributed by atoms with E-state index in [0.29, 0.717) is 0 Å². The third kappa shape index (κ3) is 2.45. The topological polar surface area (TPSA) is 35.0 Å². The van der Waals surface area contributed by atoms with Gasteiger partial charge in [0.05, 0.1) is 18.2 Å². The molecule has 0 saturated heterocycles. The molecular formula is C17H12N2O. The lowest BCUT2D eigenvalue weighted by atomic mass is 10.1. The lowest BCUT2D eigenvalue weighted by Gasteiger charge is -1.99. The maximum atomic E-state index is 5.12. The van der Waals surface area contributed by atoms with Gasteiger partial charge in [-0.2, -0.15) is 0 Å². The molecule has 0 aliphatic carbocycles. The summed E-state index contributed by atoms with van der Waals surface area (Å²) >= 11 is 0. The first-order chi connectivity index (χ1) is 9.86. The van der Waals surface area contributed by atoms with Gasteiger partial charge in [0.1, 0.15) is 12.1 Å². The largest absolute Gasteiger partial charge is 0.497 e. The smallest absolute Gasteiger partial charge is 0.118 e. The van der Waals surface area contributed by atoms with E-state index in [4.69, 9.17) is 4.74 Å². The van der Waals surface area contributed by atoms with E-state index in [1.54, 1.807) is 19.6 Å². The Kier molecular flexibility index (Phi) is 3.30. The Labute approximate surface area is 117 Å². The van der Waals surface area contributed by atoms with E-state index in [0.717, 1.165) is 27.8 Å². The second-order valence-electron chi connectivity index (χ2n) is 4.24. The first-order valence-corrected chi connectivity index (χ1v) is 6.21. The van der Waals surface area contributed by atoms with E-state index >= 15 is 0 Å². The molecule has 0 unspecified atom stereocenters. The van der Waals surface area contributed by atoms with Crippen molar-refractivity contribution in [3.05, 3.63) is 66.1 Å². The van der Waals surface area contributed by atoms with E-state index in [2.05, 4.69) is 21.8 Å². The minimum atomic E-state index is 0.827. The summed E-state index contributed by atoms with van der Waals surface area (Å²) in [5, 5.41) is 0.994. The van der Waals surface area contributed by atoms with Gasteiger partial charge in [-0.05, 0) is 30.3 Å². The standard InChI is InChI=1S/C17H12N2O/c1-20-16-9-6-13(7-10-16)5-8-14-3-2-4-15-11-18-12-19-17(14)15/h2-4,6-7,9-12H,1H3. The van der Waals surface area contributed by atoms with Crippen molar-refractivity contribution in [3.63, 3.8) is 0 Å². The van der Waals surface area contributed by atoms with E-state index < -0.39 is 0 Å². The van der Waals surface area contributed by atoms with Gasteiger partial charge in [0.15, 0.2) is 0 Å². The fourth-order valence-electron chi connectivity index (χ4n) is 1.93. The first-order valence-electron chi connectivity index (χ1n) is 6.21. The second-order valence-corrected chi connectivity index (χ2v) is 4.24. The van der Waals surface area contributed by atoms with Crippen LogP contribution in [0.15, 0.2) is 55.0 Å². The SMILES string of the molecule is COc1ccc(C#Cc2cccc3cncnc23)cc1. The summed E-state index contributed by atoms with van der Waals surface area (Å²) in [6.07, 6.45) is 3.34. The normalized spacial score (nSPS) is 9.85. The molecule has 3 aromatic rings. The zero-order valence-corrected chi connectivity index (χ0v) is 11.0. The molecular weight excluding hydrogens is 248 g/mol. The summed E-state index contributed by atoms with van der Waals surface area (Å²) in [4.78, 5) is 8.31. The molecule has 0 bridgehead atoms. The lowest BCUT2D eigenvalue weighted by molar-refractivity contribution is 0.415. The molecule has 3 heteroatoms. The quantitative estimate of drug-likeness (QED) is 0.631. The van der Waals surface area contributed by atoms with Crippen molar-refractivity contribution in [1.82, 2.24) is 9.97 Å². The molecule has 0 spiro atoms. The van der Waals surface area contributed by atoms with E-state index in [9.17, 15) is 0 Å². The summed E-state index contributed by atoms with van der Waals surface area (Å²) in [5.41, 5.74) is 2.72. The molecule has 0 radical (unpaired) electrons. The van der Waals surface area contributed by atoms with E-state index in [1.807, 2.05) is 42.5 Å². The van der Waals surface area contributed by atoms with Gasteiger partial charge in [-0.15, -0.1) is 0 Å². The van der Waals surface area contributed by atoms with Crippen LogP contribution in [0.2, 0.25) is 0 Å². The average Bonchev–Trinajstić information content (AvgIpc) is 2.53. The molecule has 3 nitrogen and oxygen atoms in total. The number of methoxy groups -OCH3 is 1. The molecule has 0 atom stereocenters. The maximum absolute atomic E-state index is 5.12. The number of nitrogens with zero attached hydrogens (tertiary/aromatic N) is 2. The van der Waals surface area contributed by atoms with Crippen molar-refractivity contribution in [2.24, 2.45) is 0 Å². The van der Waals surface area contributed by atoms with Crippen LogP contribution in [-0.4, -0.2) is 17.1 Å². The Morgan fingerprint density at radius 3 is 2.65 bits per heavy atom. The molecule has 0 aliphatic heterocycles. The zero-order valence-electron chi connectivity index (χ0n) is 11.0. The molecule has 20 heavy (non-hydrogen) atoms. The van der Waals surface area contributed by atoms with E-state index in [1.165, 1.54) is 0 Å². The highest BCUT2D eigenvalue weighted by Crippen LogP contribution is 2.14. The van der Waals surface area contributed by atoms with Crippen LogP contribution < -0.4 is 4.74 Å². The van der Waals surface area contributed by atoms with Crippen molar-refractivity contribution in [3.8, 4) is 17.6 Å². The van der Waals surface area contributed by atoms with Gasteiger partial charge < -0.3 is 4.74 Å². The van der Waals surface area contributed by atoms with Gasteiger partial charge in [-0.1, -0.05) is 24.0 Å². The number of rotatable bonds is 1. The maximum Gasteiger partial charge on any atom is 0.118 e. The number of hydrogen-bond acceptors (Lipinski definition) is 3. The van der Waals surface area contributed by atoms with Gasteiger partial charge in [0, 0.05) is 17.1 Å². The molecule has 1 aromatic heterocycles. The Hall–Kier alpha value is -2.86. The van der Waals surface area contributed by atoms with Crippen molar-refractivity contribution < 1.29 is 4.74 Å². The Morgan fingerprint density at radius 2 is 1.85 bits per heavy atom. The summed E-state index contributed by atoms with van der Waals surface area (Å²) in [6, 6.07) is 13.6. The minimum Gasteiger partial charge on any atom is -0.497 e. The van der Waals surface area contributed by atoms with Crippen molar-refractivity contribution in [2.75, 3.05) is 7.11 Å². The monoisotopic (exact) mass is 260 g/mol. The van der Waals surface area contributed by atoms with Gasteiger partial charge in [0.2, 0.25) is 0 Å². The van der Waals surface area contributed by atoms with Gasteiger partial charge in [0.25, 0.3) is 0 Å². The number of para-hydroxylation sites is 1. The Morgan fingerprint density at radius 1 is 1.00 bits per heavy atom. The molecule has 1 heterocycles. The predicted molar refractivity (Wildman–Crippen MR) is 78.5 cm³/mol. The highest BCUT2D eigenvalue weighted by atomic mass is 16.5. The van der Waals surface area contributed by atoms with Crippen molar-refractivity contribution in [1.29, 1.82) is 0 Å². The van der Waals surface area contributed by atoms with Crippen LogP contribution in [0.5, 0.6) is 5.75 Å². The zero-order chi connectivity index (χ0) is 13.8. The van der Waals surface area contributed by atoms with Crippen LogP contribution in [0.1, 0.15) is 11.1 Å². The fraction of sp³-hybridized carbons (Fsp3) is 0.0588. The summed E-state index contributed by atoms with van der Waals surface area (Å²) < 4.78 is 5.12. The first kappa shape index (κ1) is 12.2. The van der Waals surface area contributed by atoms with Crippen molar-refractivity contribution in [2.45, 2.75) is 0 Å². The lowest BCUT2D eigenvalue weighted by Crippen LogP contribution is -1.85. The Balaban J connectivity index is 1.99. The molecule has 2 aromatic carbocycles. The van der Waals surface area contributed by atoms with Crippen LogP contribution >= 0.6 is 0 Å². The highest BCUT2D eigenvalue weighted by Gasteiger charge is 1.98. The van der Waals surface area contributed by atoms with Crippen LogP contribution in [0.3, 0.4) is 0 Å². The molecule has 0 N–H and O–H groups in total. The number of fused-ring (bicyclic) bond motifs is 1. The fourth-order valence-corrected chi connectivity index (χ4v) is 1.93. The number of benzene rings is 2. The van der Waals surface area contributed by atoms with Crippen molar-refractivity contribution >= 4 is 10.9 Å². The summed E-state index contributed by atoms with van der Waals surface area (Å²) in [5.74, 6) is 7.13.